The van der Waals surface area contributed by atoms with Crippen LogP contribution in [0.1, 0.15) is 54.0 Å². The van der Waals surface area contributed by atoms with Gasteiger partial charge in [-0.25, -0.2) is 9.97 Å². The van der Waals surface area contributed by atoms with E-state index in [4.69, 9.17) is 26.0 Å². The molecular weight excluding hydrogens is 560 g/mol. The van der Waals surface area contributed by atoms with Gasteiger partial charge >= 0.3 is 0 Å². The zero-order valence-electron chi connectivity index (χ0n) is 25.1. The van der Waals surface area contributed by atoms with Crippen LogP contribution in [0.4, 0.5) is 0 Å². The summed E-state index contributed by atoms with van der Waals surface area (Å²) in [6.07, 6.45) is 3.54. The molecule has 3 aromatic carbocycles. The van der Waals surface area contributed by atoms with Crippen LogP contribution in [0.2, 0.25) is 5.02 Å². The third kappa shape index (κ3) is 4.69. The van der Waals surface area contributed by atoms with E-state index >= 15 is 0 Å². The van der Waals surface area contributed by atoms with Crippen LogP contribution in [0.3, 0.4) is 0 Å². The van der Waals surface area contributed by atoms with Crippen LogP contribution < -0.4 is 0 Å². The number of likely N-dealkylation sites (N-methyl/N-ethyl adjacent to an activating group) is 1. The summed E-state index contributed by atoms with van der Waals surface area (Å²) in [5, 5.41) is 1.73. The second-order valence-corrected chi connectivity index (χ2v) is 13.8. The number of hydrogen-bond donors (Lipinski definition) is 0. The van der Waals surface area contributed by atoms with Crippen molar-refractivity contribution in [1.82, 2.24) is 19.8 Å². The van der Waals surface area contributed by atoms with Gasteiger partial charge in [0.15, 0.2) is 5.58 Å². The van der Waals surface area contributed by atoms with Crippen molar-refractivity contribution in [2.75, 3.05) is 26.7 Å². The molecule has 216 valence electrons. The van der Waals surface area contributed by atoms with Crippen molar-refractivity contribution in [2.45, 2.75) is 59.0 Å². The van der Waals surface area contributed by atoms with E-state index in [2.05, 4.69) is 87.0 Å². The van der Waals surface area contributed by atoms with Crippen LogP contribution in [-0.2, 0) is 18.5 Å². The Morgan fingerprint density at radius 1 is 0.905 bits per heavy atom. The predicted molar refractivity (Wildman–Crippen MR) is 174 cm³/mol. The average molecular weight is 597 g/mol. The summed E-state index contributed by atoms with van der Waals surface area (Å²) in [5.74, 6) is 0.609. The third-order valence-corrected chi connectivity index (χ3v) is 11.1. The Kier molecular flexibility index (Phi) is 7.01. The molecule has 2 aromatic heterocycles. The number of fused-ring (bicyclic) bond motifs is 2. The van der Waals surface area contributed by atoms with E-state index < -0.39 is 0 Å². The van der Waals surface area contributed by atoms with Gasteiger partial charge in [0.2, 0.25) is 5.89 Å². The molecule has 5 aromatic rings. The predicted octanol–water partition coefficient (Wildman–Crippen LogP) is 8.87. The fraction of sp³-hybridized carbons (Fsp3) is 0.371. The molecule has 1 saturated heterocycles. The van der Waals surface area contributed by atoms with Gasteiger partial charge in [-0.2, -0.15) is 0 Å². The van der Waals surface area contributed by atoms with Gasteiger partial charge in [-0.05, 0) is 107 Å². The molecule has 5 nitrogen and oxygen atoms in total. The Morgan fingerprint density at radius 2 is 1.57 bits per heavy atom. The first-order valence-electron chi connectivity index (χ1n) is 14.9. The van der Waals surface area contributed by atoms with Crippen molar-refractivity contribution in [3.05, 3.63) is 80.8 Å². The third-order valence-electron chi connectivity index (χ3n) is 9.42. The fourth-order valence-electron chi connectivity index (χ4n) is 6.61. The largest absolute Gasteiger partial charge is 0.434 e. The molecule has 0 bridgehead atoms. The number of oxazole rings is 1. The first-order chi connectivity index (χ1) is 20.2. The summed E-state index contributed by atoms with van der Waals surface area (Å²) in [4.78, 5) is 16.4. The Labute approximate surface area is 257 Å². The SMILES string of the molecule is Cc1c(-c2nc3cc(CN4CCCC4)cc(Cl)c3o2)cccc1-c1cccc(-c2nc3c(s2)C(C)(C)N(C)CC3)c1C. The molecule has 0 unspecified atom stereocenters. The second kappa shape index (κ2) is 10.6. The van der Waals surface area contributed by atoms with Crippen molar-refractivity contribution in [1.29, 1.82) is 0 Å². The van der Waals surface area contributed by atoms with Crippen molar-refractivity contribution in [2.24, 2.45) is 0 Å². The molecule has 42 heavy (non-hydrogen) atoms. The molecule has 0 atom stereocenters. The smallest absolute Gasteiger partial charge is 0.227 e. The Bertz CT molecular complexity index is 1810. The number of likely N-dealkylation sites (tertiary alicyclic amines) is 1. The highest BCUT2D eigenvalue weighted by molar-refractivity contribution is 7.15. The normalized spacial score (nSPS) is 17.3. The lowest BCUT2D eigenvalue weighted by Gasteiger charge is -2.38. The molecule has 0 radical (unpaired) electrons. The molecule has 2 aliphatic rings. The van der Waals surface area contributed by atoms with Crippen LogP contribution in [0.15, 0.2) is 52.9 Å². The van der Waals surface area contributed by atoms with Gasteiger partial charge in [-0.15, -0.1) is 11.3 Å². The minimum atomic E-state index is -0.00262. The lowest BCUT2D eigenvalue weighted by Crippen LogP contribution is -2.43. The minimum absolute atomic E-state index is 0.00262. The lowest BCUT2D eigenvalue weighted by atomic mass is 9.91. The quantitative estimate of drug-likeness (QED) is 0.203. The first kappa shape index (κ1) is 27.8. The zero-order chi connectivity index (χ0) is 29.2. The van der Waals surface area contributed by atoms with Gasteiger partial charge < -0.3 is 4.42 Å². The van der Waals surface area contributed by atoms with Gasteiger partial charge in [0.1, 0.15) is 10.5 Å². The molecule has 0 spiro atoms. The van der Waals surface area contributed by atoms with Gasteiger partial charge in [-0.1, -0.05) is 41.9 Å². The topological polar surface area (TPSA) is 45.4 Å². The Morgan fingerprint density at radius 3 is 2.31 bits per heavy atom. The fourth-order valence-corrected chi connectivity index (χ4v) is 8.24. The van der Waals surface area contributed by atoms with Crippen LogP contribution in [0, 0.1) is 13.8 Å². The average Bonchev–Trinajstić information content (AvgIpc) is 3.72. The first-order valence-corrected chi connectivity index (χ1v) is 16.1. The van der Waals surface area contributed by atoms with Gasteiger partial charge in [0.05, 0.1) is 16.3 Å². The van der Waals surface area contributed by atoms with E-state index in [1.54, 1.807) is 0 Å². The molecule has 0 saturated carbocycles. The van der Waals surface area contributed by atoms with E-state index in [1.165, 1.54) is 51.2 Å². The zero-order valence-corrected chi connectivity index (χ0v) is 26.6. The van der Waals surface area contributed by atoms with Crippen molar-refractivity contribution in [3.63, 3.8) is 0 Å². The molecule has 0 N–H and O–H groups in total. The summed E-state index contributed by atoms with van der Waals surface area (Å²) >= 11 is 8.56. The van der Waals surface area contributed by atoms with E-state index in [0.717, 1.165) is 54.3 Å². The molecule has 7 heteroatoms. The highest BCUT2D eigenvalue weighted by atomic mass is 35.5. The van der Waals surface area contributed by atoms with E-state index in [0.29, 0.717) is 16.5 Å². The number of halogens is 1. The molecular formula is C35H37ClN4OS. The number of hydrogen-bond acceptors (Lipinski definition) is 6. The number of thiazole rings is 1. The summed E-state index contributed by atoms with van der Waals surface area (Å²) in [5.41, 5.74) is 10.9. The van der Waals surface area contributed by atoms with Crippen molar-refractivity contribution < 1.29 is 4.42 Å². The number of aromatic nitrogens is 2. The van der Waals surface area contributed by atoms with E-state index in [-0.39, 0.29) is 5.54 Å². The molecule has 4 heterocycles. The number of nitrogens with zero attached hydrogens (tertiary/aromatic N) is 4. The van der Waals surface area contributed by atoms with Gasteiger partial charge in [-0.3, -0.25) is 9.80 Å². The Hall–Kier alpha value is -3.03. The van der Waals surface area contributed by atoms with Crippen LogP contribution >= 0.6 is 22.9 Å². The van der Waals surface area contributed by atoms with Crippen molar-refractivity contribution >= 4 is 34.0 Å². The molecule has 0 amide bonds. The second-order valence-electron chi connectivity index (χ2n) is 12.4. The maximum Gasteiger partial charge on any atom is 0.227 e. The van der Waals surface area contributed by atoms with Crippen molar-refractivity contribution in [3.8, 4) is 33.2 Å². The number of rotatable bonds is 5. The molecule has 7 rings (SSSR count). The maximum atomic E-state index is 6.72. The minimum Gasteiger partial charge on any atom is -0.434 e. The van der Waals surface area contributed by atoms with Crippen LogP contribution in [-0.4, -0.2) is 46.4 Å². The number of benzene rings is 3. The highest BCUT2D eigenvalue weighted by Crippen LogP contribution is 2.43. The van der Waals surface area contributed by atoms with Crippen LogP contribution in [0.25, 0.3) is 44.3 Å². The summed E-state index contributed by atoms with van der Waals surface area (Å²) in [6.45, 7) is 13.2. The molecule has 0 aliphatic carbocycles. The lowest BCUT2D eigenvalue weighted by molar-refractivity contribution is 0.147. The van der Waals surface area contributed by atoms with Gasteiger partial charge in [0.25, 0.3) is 0 Å². The summed E-state index contributed by atoms with van der Waals surface area (Å²) in [7, 11) is 2.21. The standard InChI is InChI=1S/C35H37ClN4OS/c1-21-24(25-11-9-13-27(22(25)2)34-38-29-14-17-39(5)35(3,4)32(29)42-34)10-8-12-26(21)33-37-30-19-23(18-28(36)31(30)41-33)20-40-15-6-7-16-40/h8-13,18-19H,6-7,14-17,20H2,1-5H3. The van der Waals surface area contributed by atoms with E-state index in [1.807, 2.05) is 17.4 Å². The molecule has 2 aliphatic heterocycles. The maximum absolute atomic E-state index is 6.72. The highest BCUT2D eigenvalue weighted by Gasteiger charge is 2.35. The Balaban J connectivity index is 1.26. The summed E-state index contributed by atoms with van der Waals surface area (Å²) < 4.78 is 6.31. The van der Waals surface area contributed by atoms with E-state index in [9.17, 15) is 0 Å². The summed E-state index contributed by atoms with van der Waals surface area (Å²) in [6, 6.07) is 17.1. The molecule has 1 fully saturated rings. The monoisotopic (exact) mass is 596 g/mol. The van der Waals surface area contributed by atoms with Crippen LogP contribution in [0.5, 0.6) is 0 Å². The van der Waals surface area contributed by atoms with Gasteiger partial charge in [0, 0.05) is 35.5 Å².